The SMILES string of the molecule is CCCCN(CCO)S(=O)(=O)CCN1CCNCC1. The van der Waals surface area contributed by atoms with E-state index < -0.39 is 10.0 Å². The predicted octanol–water partition coefficient (Wildman–Crippen LogP) is -0.684. The maximum Gasteiger partial charge on any atom is 0.215 e. The molecule has 1 aliphatic heterocycles. The Morgan fingerprint density at radius 1 is 1.26 bits per heavy atom. The number of hydrogen-bond acceptors (Lipinski definition) is 5. The molecule has 7 heteroatoms. The second-order valence-electron chi connectivity index (χ2n) is 4.88. The zero-order chi connectivity index (χ0) is 14.1. The highest BCUT2D eigenvalue weighted by Crippen LogP contribution is 2.05. The van der Waals surface area contributed by atoms with Gasteiger partial charge >= 0.3 is 0 Å². The van der Waals surface area contributed by atoms with Crippen LogP contribution in [0.25, 0.3) is 0 Å². The van der Waals surface area contributed by atoms with Crippen LogP contribution in [0.15, 0.2) is 0 Å². The molecule has 0 spiro atoms. The van der Waals surface area contributed by atoms with Crippen molar-refractivity contribution in [3.63, 3.8) is 0 Å². The minimum atomic E-state index is -3.24. The van der Waals surface area contributed by atoms with E-state index in [1.807, 2.05) is 6.92 Å². The molecule has 0 saturated carbocycles. The largest absolute Gasteiger partial charge is 0.395 e. The summed E-state index contributed by atoms with van der Waals surface area (Å²) in [7, 11) is -3.24. The molecule has 0 aliphatic carbocycles. The van der Waals surface area contributed by atoms with E-state index >= 15 is 0 Å². The summed E-state index contributed by atoms with van der Waals surface area (Å²) in [6.45, 7) is 6.89. The molecule has 0 atom stereocenters. The number of sulfonamides is 1. The normalized spacial score (nSPS) is 18.1. The number of nitrogens with zero attached hydrogens (tertiary/aromatic N) is 2. The lowest BCUT2D eigenvalue weighted by atomic mass is 10.3. The Bertz CT molecular complexity index is 329. The maximum atomic E-state index is 12.2. The minimum absolute atomic E-state index is 0.115. The van der Waals surface area contributed by atoms with Gasteiger partial charge in [-0.1, -0.05) is 13.3 Å². The van der Waals surface area contributed by atoms with Crippen LogP contribution in [0.5, 0.6) is 0 Å². The average molecular weight is 293 g/mol. The molecular formula is C12H27N3O3S. The molecule has 0 amide bonds. The van der Waals surface area contributed by atoms with E-state index in [4.69, 9.17) is 5.11 Å². The molecule has 1 saturated heterocycles. The molecule has 114 valence electrons. The van der Waals surface area contributed by atoms with E-state index in [0.29, 0.717) is 13.1 Å². The van der Waals surface area contributed by atoms with E-state index in [-0.39, 0.29) is 18.9 Å². The van der Waals surface area contributed by atoms with Crippen LogP contribution in [-0.2, 0) is 10.0 Å². The molecule has 0 aromatic carbocycles. The first kappa shape index (κ1) is 16.8. The number of aliphatic hydroxyl groups excluding tert-OH is 1. The number of nitrogens with one attached hydrogen (secondary N) is 1. The lowest BCUT2D eigenvalue weighted by molar-refractivity contribution is 0.243. The summed E-state index contributed by atoms with van der Waals surface area (Å²) < 4.78 is 25.9. The van der Waals surface area contributed by atoms with E-state index in [0.717, 1.165) is 39.0 Å². The topological polar surface area (TPSA) is 72.9 Å². The quantitative estimate of drug-likeness (QED) is 0.589. The molecule has 1 aliphatic rings. The van der Waals surface area contributed by atoms with Crippen LogP contribution in [0.1, 0.15) is 19.8 Å². The van der Waals surface area contributed by atoms with E-state index in [1.165, 1.54) is 4.31 Å². The first-order valence-corrected chi connectivity index (χ1v) is 8.73. The first-order valence-electron chi connectivity index (χ1n) is 7.12. The lowest BCUT2D eigenvalue weighted by Gasteiger charge is -2.28. The van der Waals surface area contributed by atoms with E-state index in [2.05, 4.69) is 10.2 Å². The van der Waals surface area contributed by atoms with Gasteiger partial charge in [0.15, 0.2) is 0 Å². The second kappa shape index (κ2) is 8.86. The molecular weight excluding hydrogens is 266 g/mol. The van der Waals surface area contributed by atoms with Crippen LogP contribution < -0.4 is 5.32 Å². The Labute approximate surface area is 116 Å². The third-order valence-corrected chi connectivity index (χ3v) is 5.23. The molecule has 0 radical (unpaired) electrons. The molecule has 0 bridgehead atoms. The molecule has 6 nitrogen and oxygen atoms in total. The fraction of sp³-hybridized carbons (Fsp3) is 1.00. The Balaban J connectivity index is 2.45. The first-order chi connectivity index (χ1) is 9.10. The number of rotatable bonds is 9. The van der Waals surface area contributed by atoms with Gasteiger partial charge in [-0.15, -0.1) is 0 Å². The molecule has 0 aromatic heterocycles. The smallest absolute Gasteiger partial charge is 0.215 e. The van der Waals surface area contributed by atoms with Gasteiger partial charge in [0.25, 0.3) is 0 Å². The zero-order valence-electron chi connectivity index (χ0n) is 11.8. The summed E-state index contributed by atoms with van der Waals surface area (Å²) >= 11 is 0. The van der Waals surface area contributed by atoms with Gasteiger partial charge in [-0.3, -0.25) is 4.90 Å². The van der Waals surface area contributed by atoms with Gasteiger partial charge in [0.2, 0.25) is 10.0 Å². The van der Waals surface area contributed by atoms with Crippen molar-refractivity contribution < 1.29 is 13.5 Å². The van der Waals surface area contributed by atoms with Crippen molar-refractivity contribution in [2.45, 2.75) is 19.8 Å². The predicted molar refractivity (Wildman–Crippen MR) is 76.7 cm³/mol. The highest BCUT2D eigenvalue weighted by atomic mass is 32.2. The summed E-state index contributed by atoms with van der Waals surface area (Å²) in [5.41, 5.74) is 0. The van der Waals surface area contributed by atoms with Gasteiger partial charge in [-0.2, -0.15) is 4.31 Å². The molecule has 0 unspecified atom stereocenters. The average Bonchev–Trinajstić information content (AvgIpc) is 2.42. The van der Waals surface area contributed by atoms with Gasteiger partial charge in [-0.05, 0) is 6.42 Å². The molecule has 1 fully saturated rings. The second-order valence-corrected chi connectivity index (χ2v) is 6.97. The van der Waals surface area contributed by atoms with Crippen LogP contribution >= 0.6 is 0 Å². The van der Waals surface area contributed by atoms with Gasteiger partial charge in [-0.25, -0.2) is 8.42 Å². The fourth-order valence-electron chi connectivity index (χ4n) is 2.14. The maximum absolute atomic E-state index is 12.2. The van der Waals surface area contributed by atoms with E-state index in [1.54, 1.807) is 0 Å². The Morgan fingerprint density at radius 3 is 2.53 bits per heavy atom. The molecule has 19 heavy (non-hydrogen) atoms. The van der Waals surface area contributed by atoms with Crippen molar-refractivity contribution in [1.29, 1.82) is 0 Å². The van der Waals surface area contributed by atoms with Gasteiger partial charge in [0.1, 0.15) is 0 Å². The number of aliphatic hydroxyl groups is 1. The standard InChI is InChI=1S/C12H27N3O3S/c1-2-3-6-15(9-11-16)19(17,18)12-10-14-7-4-13-5-8-14/h13,16H,2-12H2,1H3. The third-order valence-electron chi connectivity index (χ3n) is 3.38. The number of hydrogen-bond donors (Lipinski definition) is 2. The van der Waals surface area contributed by atoms with Crippen LogP contribution in [0, 0.1) is 0 Å². The van der Waals surface area contributed by atoms with Crippen molar-refractivity contribution in [3.8, 4) is 0 Å². The fourth-order valence-corrected chi connectivity index (χ4v) is 3.66. The highest BCUT2D eigenvalue weighted by Gasteiger charge is 2.22. The van der Waals surface area contributed by atoms with E-state index in [9.17, 15) is 8.42 Å². The van der Waals surface area contributed by atoms with Gasteiger partial charge in [0.05, 0.1) is 12.4 Å². The number of unbranched alkanes of at least 4 members (excludes halogenated alkanes) is 1. The highest BCUT2D eigenvalue weighted by molar-refractivity contribution is 7.89. The van der Waals surface area contributed by atoms with Crippen LogP contribution in [0.3, 0.4) is 0 Å². The van der Waals surface area contributed by atoms with Crippen molar-refractivity contribution in [2.24, 2.45) is 0 Å². The molecule has 0 aromatic rings. The zero-order valence-corrected chi connectivity index (χ0v) is 12.7. The minimum Gasteiger partial charge on any atom is -0.395 e. The summed E-state index contributed by atoms with van der Waals surface area (Å²) in [5, 5.41) is 12.2. The summed E-state index contributed by atoms with van der Waals surface area (Å²) in [6, 6.07) is 0. The summed E-state index contributed by atoms with van der Waals surface area (Å²) in [5.74, 6) is 0.150. The van der Waals surface area contributed by atoms with Crippen molar-refractivity contribution >= 4 is 10.0 Å². The van der Waals surface area contributed by atoms with Crippen molar-refractivity contribution in [2.75, 3.05) is 58.2 Å². The summed E-state index contributed by atoms with van der Waals surface area (Å²) in [4.78, 5) is 2.17. The Hall–Kier alpha value is -0.210. The van der Waals surface area contributed by atoms with Crippen molar-refractivity contribution in [1.82, 2.24) is 14.5 Å². The molecule has 1 rings (SSSR count). The van der Waals surface area contributed by atoms with Crippen molar-refractivity contribution in [3.05, 3.63) is 0 Å². The monoisotopic (exact) mass is 293 g/mol. The lowest BCUT2D eigenvalue weighted by Crippen LogP contribution is -2.46. The number of piperazine rings is 1. The van der Waals surface area contributed by atoms with Crippen LogP contribution in [0.2, 0.25) is 0 Å². The Morgan fingerprint density at radius 2 is 1.95 bits per heavy atom. The van der Waals surface area contributed by atoms with Crippen LogP contribution in [0.4, 0.5) is 0 Å². The Kier molecular flexibility index (Phi) is 7.86. The molecule has 1 heterocycles. The van der Waals surface area contributed by atoms with Gasteiger partial charge < -0.3 is 10.4 Å². The third kappa shape index (κ3) is 6.18. The van der Waals surface area contributed by atoms with Gasteiger partial charge in [0, 0.05) is 45.8 Å². The van der Waals surface area contributed by atoms with Crippen LogP contribution in [-0.4, -0.2) is 80.9 Å². The molecule has 2 N–H and O–H groups in total. The summed E-state index contributed by atoms with van der Waals surface area (Å²) in [6.07, 6.45) is 1.79.